The minimum Gasteiger partial charge on any atom is -0.504 e. The molecule has 0 bridgehead atoms. The number of phenols is 2. The Balaban J connectivity index is 2.10. The fraction of sp³-hybridized carbons (Fsp3) is 0.444. The van der Waals surface area contributed by atoms with Crippen LogP contribution in [0.4, 0.5) is 5.69 Å². The second-order valence-corrected chi connectivity index (χ2v) is 7.83. The number of fused-ring (bicyclic) bond motifs is 1. The average molecular weight is 456 g/mol. The molecule has 2 amide bonds. The van der Waals surface area contributed by atoms with Crippen LogP contribution in [0.2, 0.25) is 0 Å². The van der Waals surface area contributed by atoms with Crippen molar-refractivity contribution < 1.29 is 39.6 Å². The van der Waals surface area contributed by atoms with E-state index in [1.54, 1.807) is 0 Å². The number of anilines is 1. The summed E-state index contributed by atoms with van der Waals surface area (Å²) in [5, 5.41) is 45.4. The third-order valence-corrected chi connectivity index (χ3v) is 5.72. The van der Waals surface area contributed by atoms with Gasteiger partial charge in [0, 0.05) is 30.5 Å². The molecule has 0 aliphatic carbocycles. The number of aliphatic carboxylic acids is 2. The highest BCUT2D eigenvalue weighted by Crippen LogP contribution is 2.44. The molecule has 0 aromatic heterocycles. The highest BCUT2D eigenvalue weighted by Gasteiger charge is 2.26. The van der Waals surface area contributed by atoms with Crippen molar-refractivity contribution in [3.8, 4) is 11.5 Å². The zero-order valence-electron chi connectivity index (χ0n) is 16.4. The van der Waals surface area contributed by atoms with Gasteiger partial charge in [-0.05, 0) is 18.4 Å². The number of amides is 2. The SMILES string of the molecule is N[C@@H](CCC(=O)N[C@@H](CSc1c(O)c(O)cc2c1CCN2)C(=O)NCC(=O)O)C(=O)O. The number of nitrogens with one attached hydrogen (secondary N) is 3. The molecule has 2 rings (SSSR count). The Kier molecular flexibility index (Phi) is 8.33. The maximum Gasteiger partial charge on any atom is 0.322 e. The van der Waals surface area contributed by atoms with Crippen LogP contribution < -0.4 is 21.7 Å². The third kappa shape index (κ3) is 6.65. The van der Waals surface area contributed by atoms with Crippen LogP contribution in [0, 0.1) is 0 Å². The molecule has 9 N–H and O–H groups in total. The fourth-order valence-electron chi connectivity index (χ4n) is 2.87. The Morgan fingerprint density at radius 3 is 2.58 bits per heavy atom. The number of hydrogen-bond acceptors (Lipinski definition) is 9. The lowest BCUT2D eigenvalue weighted by Crippen LogP contribution is -2.49. The molecular formula is C18H24N4O8S. The summed E-state index contributed by atoms with van der Waals surface area (Å²) in [6.45, 7) is -0.0503. The van der Waals surface area contributed by atoms with E-state index in [-0.39, 0.29) is 30.1 Å². The second-order valence-electron chi connectivity index (χ2n) is 6.80. The summed E-state index contributed by atoms with van der Waals surface area (Å²) in [6.07, 6.45) is 0.183. The van der Waals surface area contributed by atoms with Gasteiger partial charge in [-0.2, -0.15) is 0 Å². The first-order chi connectivity index (χ1) is 14.6. The molecule has 2 atom stereocenters. The van der Waals surface area contributed by atoms with E-state index in [0.717, 1.165) is 17.3 Å². The Morgan fingerprint density at radius 2 is 1.94 bits per heavy atom. The molecule has 1 aromatic carbocycles. The maximum atomic E-state index is 12.4. The van der Waals surface area contributed by atoms with Gasteiger partial charge in [-0.1, -0.05) is 0 Å². The molecule has 13 heteroatoms. The first-order valence-corrected chi connectivity index (χ1v) is 10.3. The molecule has 1 aliphatic heterocycles. The molecular weight excluding hydrogens is 432 g/mol. The molecule has 1 aromatic rings. The first-order valence-electron chi connectivity index (χ1n) is 9.31. The topological polar surface area (TPSA) is 211 Å². The molecule has 1 heterocycles. The zero-order chi connectivity index (χ0) is 23.1. The highest BCUT2D eigenvalue weighted by atomic mass is 32.2. The van der Waals surface area contributed by atoms with Crippen molar-refractivity contribution in [1.82, 2.24) is 10.6 Å². The van der Waals surface area contributed by atoms with Gasteiger partial charge in [0.2, 0.25) is 11.8 Å². The van der Waals surface area contributed by atoms with Crippen LogP contribution in [0.15, 0.2) is 11.0 Å². The van der Waals surface area contributed by atoms with Crippen molar-refractivity contribution >= 4 is 41.2 Å². The molecule has 0 radical (unpaired) electrons. The van der Waals surface area contributed by atoms with Gasteiger partial charge in [-0.15, -0.1) is 11.8 Å². The van der Waals surface area contributed by atoms with Crippen molar-refractivity contribution in [2.45, 2.75) is 36.2 Å². The largest absolute Gasteiger partial charge is 0.504 e. The fourth-order valence-corrected chi connectivity index (χ4v) is 4.06. The molecule has 12 nitrogen and oxygen atoms in total. The number of carboxylic acid groups (broad SMARTS) is 2. The van der Waals surface area contributed by atoms with E-state index in [1.165, 1.54) is 6.07 Å². The molecule has 0 spiro atoms. The predicted molar refractivity (Wildman–Crippen MR) is 110 cm³/mol. The van der Waals surface area contributed by atoms with Crippen LogP contribution >= 0.6 is 11.8 Å². The van der Waals surface area contributed by atoms with Gasteiger partial charge in [-0.25, -0.2) is 0 Å². The van der Waals surface area contributed by atoms with E-state index in [2.05, 4.69) is 16.0 Å². The zero-order valence-corrected chi connectivity index (χ0v) is 17.2. The van der Waals surface area contributed by atoms with Crippen molar-refractivity contribution in [3.05, 3.63) is 11.6 Å². The van der Waals surface area contributed by atoms with Crippen molar-refractivity contribution in [2.24, 2.45) is 5.73 Å². The van der Waals surface area contributed by atoms with Crippen LogP contribution in [0.3, 0.4) is 0 Å². The Morgan fingerprint density at radius 1 is 1.23 bits per heavy atom. The minimum absolute atomic E-state index is 0.0777. The molecule has 1 aliphatic rings. The van der Waals surface area contributed by atoms with E-state index in [4.69, 9.17) is 15.9 Å². The van der Waals surface area contributed by atoms with Crippen LogP contribution in [0.5, 0.6) is 11.5 Å². The van der Waals surface area contributed by atoms with Crippen LogP contribution in [-0.2, 0) is 25.6 Å². The lowest BCUT2D eigenvalue weighted by molar-refractivity contribution is -0.139. The maximum absolute atomic E-state index is 12.4. The smallest absolute Gasteiger partial charge is 0.322 e. The second kappa shape index (κ2) is 10.7. The van der Waals surface area contributed by atoms with Crippen LogP contribution in [0.25, 0.3) is 0 Å². The third-order valence-electron chi connectivity index (χ3n) is 4.49. The van der Waals surface area contributed by atoms with Gasteiger partial charge in [0.15, 0.2) is 11.5 Å². The number of aromatic hydroxyl groups is 2. The van der Waals surface area contributed by atoms with Gasteiger partial charge < -0.3 is 42.1 Å². The molecule has 31 heavy (non-hydrogen) atoms. The Bertz CT molecular complexity index is 879. The monoisotopic (exact) mass is 456 g/mol. The highest BCUT2D eigenvalue weighted by molar-refractivity contribution is 7.99. The standard InChI is InChI=1S/C18H24N4O8S/c19-9(18(29)30)1-2-13(24)22-11(17(28)21-6-14(25)26)7-31-16-8-3-4-20-10(8)5-12(23)15(16)27/h5,9,11,20,23,27H,1-4,6-7,19H2,(H,21,28)(H,22,24)(H,25,26)(H,29,30)/t9-,11-/m0/s1. The number of hydrogen-bond donors (Lipinski definition) is 8. The summed E-state index contributed by atoms with van der Waals surface area (Å²) in [5.74, 6) is -4.70. The molecule has 170 valence electrons. The van der Waals surface area contributed by atoms with E-state index < -0.39 is 42.4 Å². The summed E-state index contributed by atoms with van der Waals surface area (Å²) in [6, 6.07) is -1.02. The normalized spacial score (nSPS) is 14.1. The molecule has 0 unspecified atom stereocenters. The van der Waals surface area contributed by atoms with Gasteiger partial charge >= 0.3 is 11.9 Å². The van der Waals surface area contributed by atoms with Crippen molar-refractivity contribution in [2.75, 3.05) is 24.2 Å². The number of benzene rings is 1. The predicted octanol–water partition coefficient (Wildman–Crippen LogP) is -0.964. The number of rotatable bonds is 11. The summed E-state index contributed by atoms with van der Waals surface area (Å²) >= 11 is 1.02. The average Bonchev–Trinajstić information content (AvgIpc) is 3.17. The molecule has 0 saturated heterocycles. The quantitative estimate of drug-likeness (QED) is 0.115. The van der Waals surface area contributed by atoms with E-state index in [9.17, 15) is 29.4 Å². The minimum atomic E-state index is -1.27. The molecule has 0 saturated carbocycles. The van der Waals surface area contributed by atoms with Crippen molar-refractivity contribution in [3.63, 3.8) is 0 Å². The number of phenolic OH excluding ortho intramolecular Hbond substituents is 2. The van der Waals surface area contributed by atoms with Gasteiger partial charge in [-0.3, -0.25) is 19.2 Å². The van der Waals surface area contributed by atoms with Crippen molar-refractivity contribution in [1.29, 1.82) is 0 Å². The van der Waals surface area contributed by atoms with E-state index in [1.807, 2.05) is 0 Å². The van der Waals surface area contributed by atoms with E-state index >= 15 is 0 Å². The van der Waals surface area contributed by atoms with Gasteiger partial charge in [0.05, 0.1) is 4.90 Å². The number of carbonyl (C=O) groups excluding carboxylic acids is 2. The van der Waals surface area contributed by atoms with Gasteiger partial charge in [0.1, 0.15) is 18.6 Å². The number of carbonyl (C=O) groups is 4. The summed E-state index contributed by atoms with van der Waals surface area (Å²) in [4.78, 5) is 46.4. The number of nitrogens with two attached hydrogens (primary N) is 1. The Labute approximate surface area is 181 Å². The summed E-state index contributed by atoms with van der Waals surface area (Å²) in [5.41, 5.74) is 6.77. The van der Waals surface area contributed by atoms with E-state index in [0.29, 0.717) is 23.5 Å². The van der Waals surface area contributed by atoms with Crippen LogP contribution in [-0.4, -0.2) is 75.1 Å². The van der Waals surface area contributed by atoms with Gasteiger partial charge in [0.25, 0.3) is 0 Å². The summed E-state index contributed by atoms with van der Waals surface area (Å²) in [7, 11) is 0. The number of thioether (sulfide) groups is 1. The summed E-state index contributed by atoms with van der Waals surface area (Å²) < 4.78 is 0. The van der Waals surface area contributed by atoms with Crippen LogP contribution in [0.1, 0.15) is 18.4 Å². The number of carboxylic acids is 2. The molecule has 0 fully saturated rings. The lowest BCUT2D eigenvalue weighted by atomic mass is 10.1. The first kappa shape index (κ1) is 24.1. The Hall–Kier alpha value is -3.19. The lowest BCUT2D eigenvalue weighted by Gasteiger charge is -2.19.